The molecule has 1 amide bonds. The number of hydrogen-bond donors (Lipinski definition) is 3. The Morgan fingerprint density at radius 1 is 1.16 bits per heavy atom. The number of amides is 1. The minimum atomic E-state index is -0.557. The molecule has 0 bridgehead atoms. The Morgan fingerprint density at radius 3 is 2.64 bits per heavy atom. The molecule has 3 N–H and O–H groups in total. The first-order valence-electron chi connectivity index (χ1n) is 8.41. The first-order valence-corrected chi connectivity index (χ1v) is 8.41. The predicted octanol–water partition coefficient (Wildman–Crippen LogP) is 2.21. The maximum Gasteiger partial charge on any atom is 0.260 e. The summed E-state index contributed by atoms with van der Waals surface area (Å²) in [4.78, 5) is 20.7. The fraction of sp³-hybridized carbons (Fsp3) is 0.389. The first kappa shape index (κ1) is 18.5. The Morgan fingerprint density at radius 2 is 1.92 bits per heavy atom. The monoisotopic (exact) mass is 343 g/mol. The average Bonchev–Trinajstić information content (AvgIpc) is 2.59. The van der Waals surface area contributed by atoms with E-state index in [-0.39, 0.29) is 5.91 Å². The SMILES string of the molecule is CCNc1cc(C)nc(NCCNC(=O)C(C)Oc2ccccc2)n1. The summed E-state index contributed by atoms with van der Waals surface area (Å²) in [6.07, 6.45) is -0.557. The Kier molecular flexibility index (Phi) is 7.00. The highest BCUT2D eigenvalue weighted by atomic mass is 16.5. The van der Waals surface area contributed by atoms with Crippen LogP contribution in [0.25, 0.3) is 0 Å². The van der Waals surface area contributed by atoms with Crippen molar-refractivity contribution in [2.75, 3.05) is 30.3 Å². The Bertz CT molecular complexity index is 678. The number of carbonyl (C=O) groups excluding carboxylic acids is 1. The van der Waals surface area contributed by atoms with Crippen molar-refractivity contribution in [2.45, 2.75) is 26.9 Å². The van der Waals surface area contributed by atoms with Crippen LogP contribution >= 0.6 is 0 Å². The lowest BCUT2D eigenvalue weighted by molar-refractivity contribution is -0.127. The normalized spacial score (nSPS) is 11.5. The van der Waals surface area contributed by atoms with Gasteiger partial charge in [0.1, 0.15) is 11.6 Å². The van der Waals surface area contributed by atoms with Crippen molar-refractivity contribution < 1.29 is 9.53 Å². The molecule has 25 heavy (non-hydrogen) atoms. The van der Waals surface area contributed by atoms with Crippen LogP contribution in [0.4, 0.5) is 11.8 Å². The minimum Gasteiger partial charge on any atom is -0.481 e. The van der Waals surface area contributed by atoms with Crippen LogP contribution in [0.1, 0.15) is 19.5 Å². The van der Waals surface area contributed by atoms with E-state index in [0.717, 1.165) is 18.1 Å². The van der Waals surface area contributed by atoms with Gasteiger partial charge in [0.25, 0.3) is 5.91 Å². The van der Waals surface area contributed by atoms with Gasteiger partial charge in [0.05, 0.1) is 0 Å². The first-order chi connectivity index (χ1) is 12.1. The average molecular weight is 343 g/mol. The molecule has 0 aliphatic rings. The smallest absolute Gasteiger partial charge is 0.260 e. The third-order valence-electron chi connectivity index (χ3n) is 3.34. The molecule has 1 aromatic heterocycles. The third kappa shape index (κ3) is 6.29. The molecule has 7 heteroatoms. The van der Waals surface area contributed by atoms with Gasteiger partial charge in [-0.3, -0.25) is 4.79 Å². The lowest BCUT2D eigenvalue weighted by atomic mass is 10.3. The van der Waals surface area contributed by atoms with E-state index in [4.69, 9.17) is 4.74 Å². The van der Waals surface area contributed by atoms with Gasteiger partial charge in [0.15, 0.2) is 6.10 Å². The quantitative estimate of drug-likeness (QED) is 0.605. The number of para-hydroxylation sites is 1. The van der Waals surface area contributed by atoms with Gasteiger partial charge in [0, 0.05) is 31.4 Å². The van der Waals surface area contributed by atoms with E-state index in [1.54, 1.807) is 6.92 Å². The molecule has 0 saturated heterocycles. The maximum absolute atomic E-state index is 12.0. The molecule has 0 aliphatic heterocycles. The molecule has 7 nitrogen and oxygen atoms in total. The zero-order chi connectivity index (χ0) is 18.1. The maximum atomic E-state index is 12.0. The van der Waals surface area contributed by atoms with Gasteiger partial charge < -0.3 is 20.7 Å². The summed E-state index contributed by atoms with van der Waals surface area (Å²) in [5, 5.41) is 9.10. The van der Waals surface area contributed by atoms with E-state index in [9.17, 15) is 4.79 Å². The van der Waals surface area contributed by atoms with Crippen molar-refractivity contribution in [3.05, 3.63) is 42.1 Å². The molecule has 0 aliphatic carbocycles. The fourth-order valence-corrected chi connectivity index (χ4v) is 2.18. The van der Waals surface area contributed by atoms with Crippen LogP contribution in [-0.2, 0) is 4.79 Å². The van der Waals surface area contributed by atoms with Crippen LogP contribution in [0, 0.1) is 6.92 Å². The van der Waals surface area contributed by atoms with Crippen LogP contribution in [0.5, 0.6) is 5.75 Å². The number of rotatable bonds is 9. The molecule has 1 heterocycles. The third-order valence-corrected chi connectivity index (χ3v) is 3.34. The standard InChI is InChI=1S/C18H25N5O2/c1-4-19-16-12-13(2)22-18(23-16)21-11-10-20-17(24)14(3)25-15-8-6-5-7-9-15/h5-9,12,14H,4,10-11H2,1-3H3,(H,20,24)(H2,19,21,22,23). The fourth-order valence-electron chi connectivity index (χ4n) is 2.18. The summed E-state index contributed by atoms with van der Waals surface area (Å²) in [5.41, 5.74) is 0.877. The summed E-state index contributed by atoms with van der Waals surface area (Å²) >= 11 is 0. The highest BCUT2D eigenvalue weighted by Gasteiger charge is 2.13. The molecule has 1 aromatic carbocycles. The second-order valence-electron chi connectivity index (χ2n) is 5.54. The zero-order valence-electron chi connectivity index (χ0n) is 14.9. The van der Waals surface area contributed by atoms with Gasteiger partial charge in [-0.05, 0) is 32.9 Å². The molecule has 1 atom stereocenters. The number of hydrogen-bond acceptors (Lipinski definition) is 6. The van der Waals surface area contributed by atoms with Crippen LogP contribution in [0.3, 0.4) is 0 Å². The second-order valence-corrected chi connectivity index (χ2v) is 5.54. The van der Waals surface area contributed by atoms with Gasteiger partial charge in [0.2, 0.25) is 5.95 Å². The van der Waals surface area contributed by atoms with Crippen LogP contribution in [0.2, 0.25) is 0 Å². The van der Waals surface area contributed by atoms with Crippen LogP contribution in [-0.4, -0.2) is 41.6 Å². The number of aromatic nitrogens is 2. The number of nitrogens with zero attached hydrogens (tertiary/aromatic N) is 2. The van der Waals surface area contributed by atoms with Crippen molar-refractivity contribution in [3.8, 4) is 5.75 Å². The van der Waals surface area contributed by atoms with Crippen molar-refractivity contribution in [1.29, 1.82) is 0 Å². The predicted molar refractivity (Wildman–Crippen MR) is 99.0 cm³/mol. The molecule has 0 saturated carbocycles. The molecule has 2 rings (SSSR count). The molecule has 2 aromatic rings. The largest absolute Gasteiger partial charge is 0.481 e. The van der Waals surface area contributed by atoms with Crippen molar-refractivity contribution in [3.63, 3.8) is 0 Å². The number of benzene rings is 1. The van der Waals surface area contributed by atoms with Gasteiger partial charge in [-0.2, -0.15) is 4.98 Å². The summed E-state index contributed by atoms with van der Waals surface area (Å²) in [7, 11) is 0. The molecule has 1 unspecified atom stereocenters. The van der Waals surface area contributed by atoms with Crippen molar-refractivity contribution >= 4 is 17.7 Å². The van der Waals surface area contributed by atoms with Gasteiger partial charge in [-0.15, -0.1) is 0 Å². The Hall–Kier alpha value is -2.83. The van der Waals surface area contributed by atoms with Crippen LogP contribution < -0.4 is 20.7 Å². The lowest BCUT2D eigenvalue weighted by Gasteiger charge is -2.15. The lowest BCUT2D eigenvalue weighted by Crippen LogP contribution is -2.38. The Balaban J connectivity index is 1.74. The van der Waals surface area contributed by atoms with Crippen molar-refractivity contribution in [2.24, 2.45) is 0 Å². The number of ether oxygens (including phenoxy) is 1. The molecular formula is C18H25N5O2. The summed E-state index contributed by atoms with van der Waals surface area (Å²) in [5.74, 6) is 1.83. The topological polar surface area (TPSA) is 88.2 Å². The molecule has 134 valence electrons. The molecule has 0 radical (unpaired) electrons. The summed E-state index contributed by atoms with van der Waals surface area (Å²) in [6, 6.07) is 11.2. The summed E-state index contributed by atoms with van der Waals surface area (Å²) < 4.78 is 5.58. The van der Waals surface area contributed by atoms with E-state index < -0.39 is 6.10 Å². The minimum absolute atomic E-state index is 0.163. The number of anilines is 2. The molecule has 0 fully saturated rings. The molecule has 0 spiro atoms. The number of nitrogens with one attached hydrogen (secondary N) is 3. The van der Waals surface area contributed by atoms with Gasteiger partial charge in [-0.1, -0.05) is 18.2 Å². The van der Waals surface area contributed by atoms with E-state index in [2.05, 4.69) is 25.9 Å². The van der Waals surface area contributed by atoms with Crippen molar-refractivity contribution in [1.82, 2.24) is 15.3 Å². The van der Waals surface area contributed by atoms with E-state index >= 15 is 0 Å². The van der Waals surface area contributed by atoms with E-state index in [1.807, 2.05) is 50.2 Å². The summed E-state index contributed by atoms with van der Waals surface area (Å²) in [6.45, 7) is 7.43. The van der Waals surface area contributed by atoms with Gasteiger partial charge >= 0.3 is 0 Å². The second kappa shape index (κ2) is 9.46. The van der Waals surface area contributed by atoms with Crippen LogP contribution in [0.15, 0.2) is 36.4 Å². The highest BCUT2D eigenvalue weighted by Crippen LogP contribution is 2.11. The zero-order valence-corrected chi connectivity index (χ0v) is 14.9. The Labute approximate surface area is 148 Å². The number of aryl methyl sites for hydroxylation is 1. The van der Waals surface area contributed by atoms with Gasteiger partial charge in [-0.25, -0.2) is 4.98 Å². The molecular weight excluding hydrogens is 318 g/mol. The highest BCUT2D eigenvalue weighted by molar-refractivity contribution is 5.80. The van der Waals surface area contributed by atoms with E-state index in [0.29, 0.717) is 24.8 Å². The van der Waals surface area contributed by atoms with E-state index in [1.165, 1.54) is 0 Å². The number of carbonyl (C=O) groups is 1.